The third kappa shape index (κ3) is 2.71. The van der Waals surface area contributed by atoms with Crippen LogP contribution in [0.5, 0.6) is 0 Å². The van der Waals surface area contributed by atoms with Gasteiger partial charge in [0.2, 0.25) is 5.91 Å². The van der Waals surface area contributed by atoms with E-state index in [0.717, 1.165) is 6.42 Å². The zero-order chi connectivity index (χ0) is 12.3. The Kier molecular flexibility index (Phi) is 4.33. The van der Waals surface area contributed by atoms with Gasteiger partial charge in [0, 0.05) is 12.6 Å². The topological polar surface area (TPSA) is 44.1 Å². The number of amides is 1. The molecule has 0 fully saturated rings. The standard InChI is InChI=1S/C12H22N2O/c1-7-11(3,4)14(6)10(15)12(5,8-2)9-13/h7-8H2,1-6H3. The lowest BCUT2D eigenvalue weighted by atomic mass is 9.85. The molecule has 0 aromatic rings. The lowest BCUT2D eigenvalue weighted by Gasteiger charge is -2.38. The van der Waals surface area contributed by atoms with Crippen molar-refractivity contribution in [1.29, 1.82) is 5.26 Å². The van der Waals surface area contributed by atoms with Crippen LogP contribution in [0.1, 0.15) is 47.5 Å². The minimum atomic E-state index is -0.888. The molecule has 0 aromatic heterocycles. The summed E-state index contributed by atoms with van der Waals surface area (Å²) in [5.41, 5.74) is -1.08. The van der Waals surface area contributed by atoms with Crippen LogP contribution in [-0.4, -0.2) is 23.4 Å². The maximum atomic E-state index is 12.1. The fourth-order valence-electron chi connectivity index (χ4n) is 1.16. The van der Waals surface area contributed by atoms with E-state index in [-0.39, 0.29) is 11.4 Å². The third-order valence-electron chi connectivity index (χ3n) is 3.50. The Morgan fingerprint density at radius 1 is 1.27 bits per heavy atom. The molecule has 0 heterocycles. The highest BCUT2D eigenvalue weighted by molar-refractivity contribution is 5.85. The van der Waals surface area contributed by atoms with E-state index in [9.17, 15) is 4.79 Å². The summed E-state index contributed by atoms with van der Waals surface area (Å²) in [6, 6.07) is 2.11. The smallest absolute Gasteiger partial charge is 0.242 e. The molecule has 1 atom stereocenters. The molecule has 3 heteroatoms. The maximum absolute atomic E-state index is 12.1. The minimum Gasteiger partial charge on any atom is -0.339 e. The normalized spacial score (nSPS) is 15.3. The van der Waals surface area contributed by atoms with Crippen molar-refractivity contribution in [2.75, 3.05) is 7.05 Å². The van der Waals surface area contributed by atoms with Gasteiger partial charge in [0.15, 0.2) is 0 Å². The van der Waals surface area contributed by atoms with Crippen molar-refractivity contribution in [1.82, 2.24) is 4.90 Å². The van der Waals surface area contributed by atoms with E-state index in [4.69, 9.17) is 5.26 Å². The van der Waals surface area contributed by atoms with Gasteiger partial charge in [-0.05, 0) is 33.6 Å². The molecule has 1 amide bonds. The molecule has 86 valence electrons. The van der Waals surface area contributed by atoms with Crippen LogP contribution in [0.3, 0.4) is 0 Å². The molecule has 0 saturated carbocycles. The summed E-state index contributed by atoms with van der Waals surface area (Å²) < 4.78 is 0. The van der Waals surface area contributed by atoms with Crippen LogP contribution in [0, 0.1) is 16.7 Å². The van der Waals surface area contributed by atoms with Crippen LogP contribution in [0.2, 0.25) is 0 Å². The van der Waals surface area contributed by atoms with E-state index in [1.807, 2.05) is 27.7 Å². The molecule has 0 aromatic carbocycles. The maximum Gasteiger partial charge on any atom is 0.242 e. The highest BCUT2D eigenvalue weighted by Crippen LogP contribution is 2.27. The van der Waals surface area contributed by atoms with Crippen molar-refractivity contribution in [2.24, 2.45) is 5.41 Å². The molecule has 0 N–H and O–H groups in total. The average Bonchev–Trinajstić information content (AvgIpc) is 2.25. The number of carbonyl (C=O) groups excluding carboxylic acids is 1. The van der Waals surface area contributed by atoms with Crippen LogP contribution < -0.4 is 0 Å². The summed E-state index contributed by atoms with van der Waals surface area (Å²) in [6.07, 6.45) is 1.42. The molecule has 0 aliphatic rings. The van der Waals surface area contributed by atoms with Crippen LogP contribution >= 0.6 is 0 Å². The monoisotopic (exact) mass is 210 g/mol. The predicted molar refractivity (Wildman–Crippen MR) is 61.2 cm³/mol. The highest BCUT2D eigenvalue weighted by Gasteiger charge is 2.38. The van der Waals surface area contributed by atoms with Crippen molar-refractivity contribution in [3.05, 3.63) is 0 Å². The fraction of sp³-hybridized carbons (Fsp3) is 0.833. The molecule has 0 spiro atoms. The Labute approximate surface area is 93.1 Å². The Morgan fingerprint density at radius 2 is 1.73 bits per heavy atom. The predicted octanol–water partition coefficient (Wildman–Crippen LogP) is 2.57. The summed E-state index contributed by atoms with van der Waals surface area (Å²) in [6.45, 7) is 9.64. The van der Waals surface area contributed by atoms with E-state index in [1.165, 1.54) is 0 Å². The SMILES string of the molecule is CCC(C)(C#N)C(=O)N(C)C(C)(C)CC. The first-order valence-electron chi connectivity index (χ1n) is 5.44. The summed E-state index contributed by atoms with van der Waals surface area (Å²) >= 11 is 0. The van der Waals surface area contributed by atoms with Crippen molar-refractivity contribution < 1.29 is 4.79 Å². The minimum absolute atomic E-state index is 0.0839. The lowest BCUT2D eigenvalue weighted by Crippen LogP contribution is -2.50. The van der Waals surface area contributed by atoms with E-state index in [2.05, 4.69) is 6.07 Å². The molecular weight excluding hydrogens is 188 g/mol. The second kappa shape index (κ2) is 4.65. The van der Waals surface area contributed by atoms with Crippen LogP contribution in [0.15, 0.2) is 0 Å². The number of hydrogen-bond donors (Lipinski definition) is 0. The number of hydrogen-bond acceptors (Lipinski definition) is 2. The second-order valence-corrected chi connectivity index (χ2v) is 4.83. The molecule has 3 nitrogen and oxygen atoms in total. The first-order chi connectivity index (χ1) is 6.75. The lowest BCUT2D eigenvalue weighted by molar-refractivity contribution is -0.142. The highest BCUT2D eigenvalue weighted by atomic mass is 16.2. The van der Waals surface area contributed by atoms with E-state index < -0.39 is 5.41 Å². The van der Waals surface area contributed by atoms with E-state index >= 15 is 0 Å². The number of carbonyl (C=O) groups is 1. The van der Waals surface area contributed by atoms with Crippen molar-refractivity contribution in [3.63, 3.8) is 0 Å². The largest absolute Gasteiger partial charge is 0.339 e. The van der Waals surface area contributed by atoms with Gasteiger partial charge in [-0.25, -0.2) is 0 Å². The summed E-state index contributed by atoms with van der Waals surface area (Å²) in [5.74, 6) is -0.0839. The Morgan fingerprint density at radius 3 is 2.00 bits per heavy atom. The summed E-state index contributed by atoms with van der Waals surface area (Å²) in [7, 11) is 1.77. The van der Waals surface area contributed by atoms with Gasteiger partial charge >= 0.3 is 0 Å². The fourth-order valence-corrected chi connectivity index (χ4v) is 1.16. The first kappa shape index (κ1) is 14.0. The molecule has 1 unspecified atom stereocenters. The molecule has 0 aliphatic heterocycles. The molecule has 0 rings (SSSR count). The van der Waals surface area contributed by atoms with Gasteiger partial charge in [0.1, 0.15) is 5.41 Å². The number of rotatable bonds is 4. The summed E-state index contributed by atoms with van der Waals surface area (Å²) in [4.78, 5) is 13.8. The zero-order valence-corrected chi connectivity index (χ0v) is 10.7. The first-order valence-corrected chi connectivity index (χ1v) is 5.44. The molecule has 15 heavy (non-hydrogen) atoms. The third-order valence-corrected chi connectivity index (χ3v) is 3.50. The molecule has 0 saturated heterocycles. The molecule has 0 bridgehead atoms. The van der Waals surface area contributed by atoms with E-state index in [0.29, 0.717) is 6.42 Å². The van der Waals surface area contributed by atoms with Gasteiger partial charge in [-0.15, -0.1) is 0 Å². The van der Waals surface area contributed by atoms with Gasteiger partial charge in [-0.3, -0.25) is 4.79 Å². The van der Waals surface area contributed by atoms with Gasteiger partial charge in [-0.1, -0.05) is 13.8 Å². The van der Waals surface area contributed by atoms with Crippen molar-refractivity contribution in [2.45, 2.75) is 53.0 Å². The Balaban J connectivity index is 4.96. The number of nitriles is 1. The van der Waals surface area contributed by atoms with Crippen LogP contribution in [0.4, 0.5) is 0 Å². The average molecular weight is 210 g/mol. The van der Waals surface area contributed by atoms with Crippen LogP contribution in [0.25, 0.3) is 0 Å². The van der Waals surface area contributed by atoms with Crippen molar-refractivity contribution >= 4 is 5.91 Å². The quantitative estimate of drug-likeness (QED) is 0.715. The molecule has 0 aliphatic carbocycles. The van der Waals surface area contributed by atoms with Gasteiger partial charge in [0.05, 0.1) is 6.07 Å². The van der Waals surface area contributed by atoms with Gasteiger partial charge in [0.25, 0.3) is 0 Å². The zero-order valence-electron chi connectivity index (χ0n) is 10.7. The van der Waals surface area contributed by atoms with Gasteiger partial charge in [-0.2, -0.15) is 5.26 Å². The number of nitrogens with zero attached hydrogens (tertiary/aromatic N) is 2. The molecular formula is C12H22N2O. The Bertz CT molecular complexity index is 278. The molecule has 0 radical (unpaired) electrons. The summed E-state index contributed by atoms with van der Waals surface area (Å²) in [5, 5.41) is 9.05. The van der Waals surface area contributed by atoms with Gasteiger partial charge < -0.3 is 4.90 Å². The van der Waals surface area contributed by atoms with E-state index in [1.54, 1.807) is 18.9 Å². The second-order valence-electron chi connectivity index (χ2n) is 4.83. The van der Waals surface area contributed by atoms with Crippen LogP contribution in [-0.2, 0) is 4.79 Å². The van der Waals surface area contributed by atoms with Crippen molar-refractivity contribution in [3.8, 4) is 6.07 Å². The Hall–Kier alpha value is -1.04.